The molecule has 3 nitrogen and oxygen atoms in total. The van der Waals surface area contributed by atoms with E-state index in [0.29, 0.717) is 11.2 Å². The molecule has 1 unspecified atom stereocenters. The van der Waals surface area contributed by atoms with Crippen LogP contribution in [0.25, 0.3) is 0 Å². The van der Waals surface area contributed by atoms with Crippen molar-refractivity contribution in [2.75, 3.05) is 31.6 Å². The molecule has 0 bridgehead atoms. The smallest absolute Gasteiger partial charge is 0.131 e. The number of hydrogen-bond acceptors (Lipinski definition) is 3. The van der Waals surface area contributed by atoms with Crippen molar-refractivity contribution in [1.29, 1.82) is 0 Å². The predicted molar refractivity (Wildman–Crippen MR) is 63.6 cm³/mol. The van der Waals surface area contributed by atoms with Crippen LogP contribution in [0.15, 0.2) is 18.2 Å². The summed E-state index contributed by atoms with van der Waals surface area (Å²) in [6, 6.07) is 6.28. The van der Waals surface area contributed by atoms with Crippen LogP contribution in [-0.2, 0) is 0 Å². The first-order valence-electron chi connectivity index (χ1n) is 5.24. The fraction of sp³-hybridized carbons (Fsp3) is 0.545. The molecule has 4 heteroatoms. The van der Waals surface area contributed by atoms with Crippen LogP contribution < -0.4 is 4.90 Å². The van der Waals surface area contributed by atoms with Crippen molar-refractivity contribution in [2.45, 2.75) is 13.0 Å². The molecule has 0 radical (unpaired) electrons. The lowest BCUT2D eigenvalue weighted by Crippen LogP contribution is -2.50. The summed E-state index contributed by atoms with van der Waals surface area (Å²) in [6.45, 7) is 5.40. The fourth-order valence-electron chi connectivity index (χ4n) is 2.04. The van der Waals surface area contributed by atoms with Crippen molar-refractivity contribution in [2.24, 2.45) is 0 Å². The van der Waals surface area contributed by atoms with Crippen LogP contribution in [-0.4, -0.2) is 42.6 Å². The molecule has 0 saturated carbocycles. The van der Waals surface area contributed by atoms with E-state index in [0.717, 1.165) is 25.5 Å². The molecule has 0 amide bonds. The maximum atomic E-state index is 5.89. The van der Waals surface area contributed by atoms with Gasteiger partial charge in [-0.3, -0.25) is 0 Å². The molecule has 1 aromatic heterocycles. The molecule has 1 fully saturated rings. The van der Waals surface area contributed by atoms with E-state index < -0.39 is 0 Å². The highest BCUT2D eigenvalue weighted by atomic mass is 35.5. The first-order chi connectivity index (χ1) is 7.16. The molecule has 2 heterocycles. The highest BCUT2D eigenvalue weighted by Gasteiger charge is 2.22. The van der Waals surface area contributed by atoms with Crippen LogP contribution in [0.2, 0.25) is 5.15 Å². The topological polar surface area (TPSA) is 19.4 Å². The Morgan fingerprint density at radius 2 is 2.20 bits per heavy atom. The summed E-state index contributed by atoms with van der Waals surface area (Å²) in [5.41, 5.74) is 0. The Bertz CT molecular complexity index is 342. The molecular formula is C11H16ClN3. The second-order valence-electron chi connectivity index (χ2n) is 4.12. The third-order valence-electron chi connectivity index (χ3n) is 2.83. The van der Waals surface area contributed by atoms with Gasteiger partial charge in [0.2, 0.25) is 0 Å². The van der Waals surface area contributed by atoms with E-state index in [1.807, 2.05) is 18.2 Å². The SMILES string of the molecule is CC1CN(C)CCN1c1cccc(Cl)n1. The minimum Gasteiger partial charge on any atom is -0.351 e. The van der Waals surface area contributed by atoms with E-state index >= 15 is 0 Å². The van der Waals surface area contributed by atoms with Crippen molar-refractivity contribution >= 4 is 17.4 Å². The van der Waals surface area contributed by atoms with Crippen molar-refractivity contribution < 1.29 is 0 Å². The standard InChI is InChI=1S/C11H16ClN3/c1-9-8-14(2)6-7-15(9)11-5-3-4-10(12)13-11/h3-5,9H,6-8H2,1-2H3. The minimum absolute atomic E-state index is 0.495. The second-order valence-corrected chi connectivity index (χ2v) is 4.51. The number of nitrogens with zero attached hydrogens (tertiary/aromatic N) is 3. The van der Waals surface area contributed by atoms with Gasteiger partial charge in [0.1, 0.15) is 11.0 Å². The van der Waals surface area contributed by atoms with Crippen molar-refractivity contribution in [3.05, 3.63) is 23.4 Å². The van der Waals surface area contributed by atoms with Crippen LogP contribution in [0.5, 0.6) is 0 Å². The first kappa shape index (κ1) is 10.7. The lowest BCUT2D eigenvalue weighted by molar-refractivity contribution is 0.274. The normalized spacial score (nSPS) is 23.1. The molecule has 0 aromatic carbocycles. The van der Waals surface area contributed by atoms with Gasteiger partial charge in [0.05, 0.1) is 0 Å². The molecule has 0 spiro atoms. The number of halogens is 1. The van der Waals surface area contributed by atoms with Gasteiger partial charge in [-0.25, -0.2) is 4.98 Å². The highest BCUT2D eigenvalue weighted by Crippen LogP contribution is 2.19. The van der Waals surface area contributed by atoms with Crippen molar-refractivity contribution in [3.63, 3.8) is 0 Å². The third kappa shape index (κ3) is 2.41. The van der Waals surface area contributed by atoms with Gasteiger partial charge in [-0.05, 0) is 26.1 Å². The van der Waals surface area contributed by atoms with Gasteiger partial charge in [0.15, 0.2) is 0 Å². The Labute approximate surface area is 95.7 Å². The number of pyridine rings is 1. The molecular weight excluding hydrogens is 210 g/mol. The molecule has 1 saturated heterocycles. The van der Waals surface area contributed by atoms with Crippen LogP contribution in [0.1, 0.15) is 6.92 Å². The van der Waals surface area contributed by atoms with Crippen LogP contribution in [0.3, 0.4) is 0 Å². The number of anilines is 1. The van der Waals surface area contributed by atoms with E-state index in [1.54, 1.807) is 0 Å². The lowest BCUT2D eigenvalue weighted by atomic mass is 10.2. The van der Waals surface area contributed by atoms with Gasteiger partial charge < -0.3 is 9.80 Å². The summed E-state index contributed by atoms with van der Waals surface area (Å²) in [5, 5.41) is 0.568. The molecule has 1 aliphatic heterocycles. The predicted octanol–water partition coefficient (Wildman–Crippen LogP) is 1.88. The summed E-state index contributed by atoms with van der Waals surface area (Å²) in [7, 11) is 2.15. The average molecular weight is 226 g/mol. The zero-order valence-electron chi connectivity index (χ0n) is 9.15. The average Bonchev–Trinajstić information content (AvgIpc) is 2.17. The van der Waals surface area contributed by atoms with Crippen molar-refractivity contribution in [1.82, 2.24) is 9.88 Å². The Morgan fingerprint density at radius 3 is 2.87 bits per heavy atom. The van der Waals surface area contributed by atoms with Gasteiger partial charge in [0, 0.05) is 25.7 Å². The summed E-state index contributed by atoms with van der Waals surface area (Å²) < 4.78 is 0. The van der Waals surface area contributed by atoms with Gasteiger partial charge in [-0.15, -0.1) is 0 Å². The molecule has 0 N–H and O–H groups in total. The van der Waals surface area contributed by atoms with Gasteiger partial charge in [-0.2, -0.15) is 0 Å². The molecule has 15 heavy (non-hydrogen) atoms. The first-order valence-corrected chi connectivity index (χ1v) is 5.62. The fourth-order valence-corrected chi connectivity index (χ4v) is 2.20. The van der Waals surface area contributed by atoms with E-state index in [-0.39, 0.29) is 0 Å². The zero-order chi connectivity index (χ0) is 10.8. The molecule has 0 aliphatic carbocycles. The summed E-state index contributed by atoms with van der Waals surface area (Å²) in [4.78, 5) is 9.00. The van der Waals surface area contributed by atoms with E-state index in [4.69, 9.17) is 11.6 Å². The molecule has 1 atom stereocenters. The maximum absolute atomic E-state index is 5.89. The maximum Gasteiger partial charge on any atom is 0.131 e. The van der Waals surface area contributed by atoms with Gasteiger partial charge in [-0.1, -0.05) is 17.7 Å². The largest absolute Gasteiger partial charge is 0.351 e. The third-order valence-corrected chi connectivity index (χ3v) is 3.04. The zero-order valence-corrected chi connectivity index (χ0v) is 9.91. The Hall–Kier alpha value is -0.800. The monoisotopic (exact) mass is 225 g/mol. The Morgan fingerprint density at radius 1 is 1.40 bits per heavy atom. The molecule has 2 rings (SSSR count). The minimum atomic E-state index is 0.495. The molecule has 1 aromatic rings. The van der Waals surface area contributed by atoms with E-state index in [9.17, 15) is 0 Å². The number of rotatable bonds is 1. The Balaban J connectivity index is 2.17. The van der Waals surface area contributed by atoms with Gasteiger partial charge >= 0.3 is 0 Å². The lowest BCUT2D eigenvalue weighted by Gasteiger charge is -2.39. The molecule has 1 aliphatic rings. The number of likely N-dealkylation sites (N-methyl/N-ethyl adjacent to an activating group) is 1. The number of piperazine rings is 1. The highest BCUT2D eigenvalue weighted by molar-refractivity contribution is 6.29. The van der Waals surface area contributed by atoms with Crippen LogP contribution >= 0.6 is 11.6 Å². The number of aromatic nitrogens is 1. The van der Waals surface area contributed by atoms with E-state index in [2.05, 4.69) is 28.8 Å². The second kappa shape index (κ2) is 4.37. The summed E-state index contributed by atoms with van der Waals surface area (Å²) in [6.07, 6.45) is 0. The number of hydrogen-bond donors (Lipinski definition) is 0. The summed E-state index contributed by atoms with van der Waals surface area (Å²) >= 11 is 5.89. The quantitative estimate of drug-likeness (QED) is 0.681. The summed E-state index contributed by atoms with van der Waals surface area (Å²) in [5.74, 6) is 0.989. The Kier molecular flexibility index (Phi) is 3.12. The van der Waals surface area contributed by atoms with Crippen molar-refractivity contribution in [3.8, 4) is 0 Å². The van der Waals surface area contributed by atoms with Gasteiger partial charge in [0.25, 0.3) is 0 Å². The molecule has 82 valence electrons. The van der Waals surface area contributed by atoms with Crippen LogP contribution in [0, 0.1) is 0 Å². The van der Waals surface area contributed by atoms with Crippen LogP contribution in [0.4, 0.5) is 5.82 Å². The van der Waals surface area contributed by atoms with E-state index in [1.165, 1.54) is 0 Å².